The van der Waals surface area contributed by atoms with Gasteiger partial charge in [0.2, 0.25) is 11.7 Å². The van der Waals surface area contributed by atoms with Gasteiger partial charge in [-0.25, -0.2) is 4.39 Å². The molecule has 0 atom stereocenters. The molecule has 158 valence electrons. The molecule has 0 amide bonds. The maximum Gasteiger partial charge on any atom is 0.240 e. The Bertz CT molecular complexity index is 982. The van der Waals surface area contributed by atoms with Crippen LogP contribution in [0.1, 0.15) is 29.9 Å². The fourth-order valence-corrected chi connectivity index (χ4v) is 3.84. The van der Waals surface area contributed by atoms with E-state index in [0.29, 0.717) is 31.5 Å². The molecule has 1 N–H and O–H groups in total. The monoisotopic (exact) mass is 411 g/mol. The normalized spacial score (nSPS) is 15.8. The molecule has 0 spiro atoms. The molecule has 1 aliphatic rings. The molecule has 0 saturated carbocycles. The Hall–Kier alpha value is -2.77. The first-order valence-electron chi connectivity index (χ1n) is 10.1. The largest absolute Gasteiger partial charge is 0.496 e. The van der Waals surface area contributed by atoms with Crippen LogP contribution in [0.3, 0.4) is 0 Å². The number of hydrogen-bond acceptors (Lipinski definition) is 6. The first-order chi connectivity index (χ1) is 14.6. The Labute approximate surface area is 175 Å². The maximum absolute atomic E-state index is 13.3. The number of halogens is 1. The van der Waals surface area contributed by atoms with Crippen molar-refractivity contribution in [2.45, 2.75) is 38.3 Å². The van der Waals surface area contributed by atoms with E-state index in [9.17, 15) is 4.39 Å². The Kier molecular flexibility index (Phi) is 6.11. The average molecular weight is 411 g/mol. The van der Waals surface area contributed by atoms with E-state index in [4.69, 9.17) is 14.0 Å². The number of nitrogens with zero attached hydrogens (tertiary/aromatic N) is 2. The molecule has 0 bridgehead atoms. The van der Waals surface area contributed by atoms with Gasteiger partial charge < -0.3 is 19.3 Å². The quantitative estimate of drug-likeness (QED) is 0.632. The molecule has 6 nitrogen and oxygen atoms in total. The Morgan fingerprint density at radius 1 is 1.13 bits per heavy atom. The summed E-state index contributed by atoms with van der Waals surface area (Å²) in [4.78, 5) is 4.54. The smallest absolute Gasteiger partial charge is 0.240 e. The SMILES string of the molecule is COc1cc(-c2noc(CNC3(Cc4ccc(F)cc4)CCOCC3)n2)ccc1C. The Morgan fingerprint density at radius 3 is 2.63 bits per heavy atom. The number of methoxy groups -OCH3 is 1. The van der Waals surface area contributed by atoms with E-state index >= 15 is 0 Å². The van der Waals surface area contributed by atoms with Gasteiger partial charge in [-0.3, -0.25) is 0 Å². The van der Waals surface area contributed by atoms with E-state index in [2.05, 4.69) is 15.5 Å². The van der Waals surface area contributed by atoms with Crippen LogP contribution in [0.2, 0.25) is 0 Å². The average Bonchev–Trinajstić information content (AvgIpc) is 3.24. The van der Waals surface area contributed by atoms with Gasteiger partial charge >= 0.3 is 0 Å². The molecule has 7 heteroatoms. The predicted octanol–water partition coefficient (Wildman–Crippen LogP) is 4.07. The van der Waals surface area contributed by atoms with Gasteiger partial charge in [0.15, 0.2) is 0 Å². The van der Waals surface area contributed by atoms with Crippen LogP contribution in [0, 0.1) is 12.7 Å². The molecule has 1 fully saturated rings. The summed E-state index contributed by atoms with van der Waals surface area (Å²) in [5, 5.41) is 7.74. The second-order valence-electron chi connectivity index (χ2n) is 7.75. The summed E-state index contributed by atoms with van der Waals surface area (Å²) in [6, 6.07) is 12.5. The van der Waals surface area contributed by atoms with Crippen molar-refractivity contribution in [3.05, 3.63) is 65.3 Å². The lowest BCUT2D eigenvalue weighted by atomic mass is 9.83. The van der Waals surface area contributed by atoms with Crippen LogP contribution in [0.4, 0.5) is 4.39 Å². The minimum atomic E-state index is -0.223. The zero-order valence-corrected chi connectivity index (χ0v) is 17.3. The molecule has 0 aliphatic carbocycles. The van der Waals surface area contributed by atoms with Crippen LogP contribution >= 0.6 is 0 Å². The third-order valence-electron chi connectivity index (χ3n) is 5.65. The highest BCUT2D eigenvalue weighted by Gasteiger charge is 2.33. The molecule has 30 heavy (non-hydrogen) atoms. The highest BCUT2D eigenvalue weighted by atomic mass is 19.1. The molecule has 4 rings (SSSR count). The topological polar surface area (TPSA) is 69.4 Å². The summed E-state index contributed by atoms with van der Waals surface area (Å²) in [6.45, 7) is 3.82. The summed E-state index contributed by atoms with van der Waals surface area (Å²) >= 11 is 0. The molecule has 0 radical (unpaired) electrons. The van der Waals surface area contributed by atoms with Crippen molar-refractivity contribution >= 4 is 0 Å². The summed E-state index contributed by atoms with van der Waals surface area (Å²) < 4.78 is 29.7. The van der Waals surface area contributed by atoms with Crippen LogP contribution in [0.25, 0.3) is 11.4 Å². The number of aryl methyl sites for hydroxylation is 1. The number of aromatic nitrogens is 2. The van der Waals surface area contributed by atoms with Crippen LogP contribution in [-0.4, -0.2) is 36.0 Å². The fourth-order valence-electron chi connectivity index (χ4n) is 3.84. The first kappa shape index (κ1) is 20.5. The van der Waals surface area contributed by atoms with Gasteiger partial charge in [-0.05, 0) is 55.5 Å². The number of nitrogens with one attached hydrogen (secondary N) is 1. The van der Waals surface area contributed by atoms with Crippen molar-refractivity contribution in [3.8, 4) is 17.1 Å². The molecule has 3 aromatic rings. The number of rotatable bonds is 7. The van der Waals surface area contributed by atoms with Crippen LogP contribution < -0.4 is 10.1 Å². The van der Waals surface area contributed by atoms with Crippen LogP contribution in [0.15, 0.2) is 47.0 Å². The molecule has 1 saturated heterocycles. The van der Waals surface area contributed by atoms with Gasteiger partial charge in [-0.1, -0.05) is 29.4 Å². The van der Waals surface area contributed by atoms with E-state index < -0.39 is 0 Å². The molecular formula is C23H26FN3O3. The van der Waals surface area contributed by atoms with E-state index in [1.807, 2.05) is 37.3 Å². The van der Waals surface area contributed by atoms with E-state index in [1.54, 1.807) is 7.11 Å². The molecule has 0 unspecified atom stereocenters. The van der Waals surface area contributed by atoms with E-state index in [0.717, 1.165) is 41.7 Å². The van der Waals surface area contributed by atoms with Gasteiger partial charge in [0.1, 0.15) is 11.6 Å². The second kappa shape index (κ2) is 8.93. The van der Waals surface area contributed by atoms with Gasteiger partial charge in [0.25, 0.3) is 0 Å². The van der Waals surface area contributed by atoms with E-state index in [-0.39, 0.29) is 11.4 Å². The number of ether oxygens (including phenoxy) is 2. The maximum atomic E-state index is 13.3. The van der Waals surface area contributed by atoms with Gasteiger partial charge in [-0.2, -0.15) is 4.98 Å². The predicted molar refractivity (Wildman–Crippen MR) is 111 cm³/mol. The summed E-state index contributed by atoms with van der Waals surface area (Å²) in [6.07, 6.45) is 2.51. The number of hydrogen-bond donors (Lipinski definition) is 1. The highest BCUT2D eigenvalue weighted by molar-refractivity contribution is 5.58. The van der Waals surface area contributed by atoms with Crippen molar-refractivity contribution in [2.24, 2.45) is 0 Å². The van der Waals surface area contributed by atoms with Gasteiger partial charge in [0, 0.05) is 24.3 Å². The highest BCUT2D eigenvalue weighted by Crippen LogP contribution is 2.27. The second-order valence-corrected chi connectivity index (χ2v) is 7.75. The Balaban J connectivity index is 1.47. The zero-order valence-electron chi connectivity index (χ0n) is 17.3. The lowest BCUT2D eigenvalue weighted by molar-refractivity contribution is 0.0362. The van der Waals surface area contributed by atoms with Crippen molar-refractivity contribution < 1.29 is 18.4 Å². The molecule has 2 aromatic carbocycles. The molecule has 2 heterocycles. The summed E-state index contributed by atoms with van der Waals surface area (Å²) in [7, 11) is 1.64. The summed E-state index contributed by atoms with van der Waals surface area (Å²) in [5.41, 5.74) is 2.83. The first-order valence-corrected chi connectivity index (χ1v) is 10.1. The van der Waals surface area contributed by atoms with Crippen molar-refractivity contribution in [2.75, 3.05) is 20.3 Å². The van der Waals surface area contributed by atoms with Gasteiger partial charge in [0.05, 0.1) is 13.7 Å². The van der Waals surface area contributed by atoms with Crippen LogP contribution in [0.5, 0.6) is 5.75 Å². The van der Waals surface area contributed by atoms with Crippen molar-refractivity contribution in [1.29, 1.82) is 0 Å². The molecule has 1 aromatic heterocycles. The molecular weight excluding hydrogens is 385 g/mol. The Morgan fingerprint density at radius 2 is 1.90 bits per heavy atom. The standard InChI is InChI=1S/C23H26FN3O3/c1-16-3-6-18(13-20(16)28-2)22-26-21(30-27-22)15-25-23(9-11-29-12-10-23)14-17-4-7-19(24)8-5-17/h3-8,13,25H,9-12,14-15H2,1-2H3. The van der Waals surface area contributed by atoms with Crippen molar-refractivity contribution in [3.63, 3.8) is 0 Å². The molecule has 1 aliphatic heterocycles. The van der Waals surface area contributed by atoms with Gasteiger partial charge in [-0.15, -0.1) is 0 Å². The minimum absolute atomic E-state index is 0.155. The van der Waals surface area contributed by atoms with Crippen LogP contribution in [-0.2, 0) is 17.7 Å². The zero-order chi connectivity index (χ0) is 21.0. The van der Waals surface area contributed by atoms with Crippen molar-refractivity contribution in [1.82, 2.24) is 15.5 Å². The third kappa shape index (κ3) is 4.68. The third-order valence-corrected chi connectivity index (χ3v) is 5.65. The summed E-state index contributed by atoms with van der Waals surface area (Å²) in [5.74, 6) is 1.62. The lowest BCUT2D eigenvalue weighted by Gasteiger charge is -2.38. The fraction of sp³-hybridized carbons (Fsp3) is 0.391. The lowest BCUT2D eigenvalue weighted by Crippen LogP contribution is -2.50. The number of benzene rings is 2. The minimum Gasteiger partial charge on any atom is -0.496 e. The van der Waals surface area contributed by atoms with E-state index in [1.165, 1.54) is 12.1 Å².